The van der Waals surface area contributed by atoms with Gasteiger partial charge in [0.05, 0.1) is 17.3 Å². The minimum atomic E-state index is -0.526. The highest BCUT2D eigenvalue weighted by Gasteiger charge is 2.14. The minimum absolute atomic E-state index is 0.179. The first-order chi connectivity index (χ1) is 14.4. The third kappa shape index (κ3) is 6.05. The van der Waals surface area contributed by atoms with Crippen molar-refractivity contribution in [2.75, 3.05) is 7.11 Å². The number of carbonyl (C=O) groups excluding carboxylic acids is 1. The van der Waals surface area contributed by atoms with E-state index >= 15 is 0 Å². The van der Waals surface area contributed by atoms with E-state index in [0.29, 0.717) is 15.9 Å². The zero-order valence-corrected chi connectivity index (χ0v) is 19.1. The summed E-state index contributed by atoms with van der Waals surface area (Å²) in [4.78, 5) is 16.6. The summed E-state index contributed by atoms with van der Waals surface area (Å²) in [6.07, 6.45) is 4.68. The smallest absolute Gasteiger partial charge is 0.336 e. The average Bonchev–Trinajstić information content (AvgIpc) is 2.74. The van der Waals surface area contributed by atoms with Gasteiger partial charge in [-0.15, -0.1) is 0 Å². The molecule has 0 saturated carbocycles. The fraction of sp³-hybridized carbons (Fsp3) is 0.0435. The van der Waals surface area contributed by atoms with Crippen molar-refractivity contribution in [3.8, 4) is 17.2 Å². The van der Waals surface area contributed by atoms with E-state index in [1.165, 1.54) is 13.2 Å². The molecule has 0 aliphatic heterocycles. The lowest BCUT2D eigenvalue weighted by molar-refractivity contribution is -0.129. The highest BCUT2D eigenvalue weighted by atomic mass is 79.9. The van der Waals surface area contributed by atoms with Crippen molar-refractivity contribution in [3.05, 3.63) is 86.8 Å². The zero-order valence-electron chi connectivity index (χ0n) is 15.9. The van der Waals surface area contributed by atoms with Gasteiger partial charge in [-0.05, 0) is 81.7 Å². The highest BCUT2D eigenvalue weighted by Crippen LogP contribution is 2.36. The van der Waals surface area contributed by atoms with Crippen LogP contribution in [0.3, 0.4) is 0 Å². The summed E-state index contributed by atoms with van der Waals surface area (Å²) in [5.74, 6) is 0.327. The fourth-order valence-corrected chi connectivity index (χ4v) is 3.28. The van der Waals surface area contributed by atoms with Crippen molar-refractivity contribution >= 4 is 55.8 Å². The first-order valence-electron chi connectivity index (χ1n) is 8.80. The molecule has 3 rings (SSSR count). The Morgan fingerprint density at radius 3 is 2.37 bits per heavy atom. The first-order valence-corrected chi connectivity index (χ1v) is 10.4. The van der Waals surface area contributed by atoms with Crippen LogP contribution in [0.1, 0.15) is 11.1 Å². The van der Waals surface area contributed by atoms with Crippen LogP contribution in [0, 0.1) is 0 Å². The number of halogens is 2. The van der Waals surface area contributed by atoms with Crippen molar-refractivity contribution in [3.63, 3.8) is 0 Å². The van der Waals surface area contributed by atoms with Crippen LogP contribution in [0.2, 0.25) is 0 Å². The number of benzene rings is 3. The number of esters is 1. The SMILES string of the molecule is COc1cc(/C=N/c2ccc(O)cc2)cc(Br)c1OC(=O)C=Cc1ccc(Br)cc1. The summed E-state index contributed by atoms with van der Waals surface area (Å²) < 4.78 is 12.4. The Hall–Kier alpha value is -2.90. The number of hydrogen-bond donors (Lipinski definition) is 1. The van der Waals surface area contributed by atoms with Crippen molar-refractivity contribution in [1.82, 2.24) is 0 Å². The Labute approximate surface area is 190 Å². The molecule has 0 fully saturated rings. The lowest BCUT2D eigenvalue weighted by atomic mass is 10.2. The molecule has 3 aromatic carbocycles. The molecule has 0 spiro atoms. The summed E-state index contributed by atoms with van der Waals surface area (Å²) in [6, 6.07) is 17.6. The summed E-state index contributed by atoms with van der Waals surface area (Å²) >= 11 is 6.80. The third-order valence-electron chi connectivity index (χ3n) is 3.95. The summed E-state index contributed by atoms with van der Waals surface area (Å²) in [5, 5.41) is 9.34. The van der Waals surface area contributed by atoms with Gasteiger partial charge in [0.15, 0.2) is 11.5 Å². The van der Waals surface area contributed by atoms with E-state index in [9.17, 15) is 9.90 Å². The Morgan fingerprint density at radius 2 is 1.70 bits per heavy atom. The van der Waals surface area contributed by atoms with Crippen LogP contribution in [-0.4, -0.2) is 24.4 Å². The van der Waals surface area contributed by atoms with Crippen molar-refractivity contribution in [2.45, 2.75) is 0 Å². The maximum atomic E-state index is 12.3. The Balaban J connectivity index is 1.75. The molecule has 5 nitrogen and oxygen atoms in total. The molecular weight excluding hydrogens is 514 g/mol. The fourth-order valence-electron chi connectivity index (χ4n) is 2.47. The largest absolute Gasteiger partial charge is 0.508 e. The van der Waals surface area contributed by atoms with Gasteiger partial charge in [0, 0.05) is 16.8 Å². The van der Waals surface area contributed by atoms with Crippen LogP contribution < -0.4 is 9.47 Å². The molecule has 0 aromatic heterocycles. The number of rotatable bonds is 6. The maximum Gasteiger partial charge on any atom is 0.336 e. The van der Waals surface area contributed by atoms with E-state index in [4.69, 9.17) is 9.47 Å². The van der Waals surface area contributed by atoms with Crippen LogP contribution in [0.25, 0.3) is 6.08 Å². The number of nitrogens with zero attached hydrogens (tertiary/aromatic N) is 1. The van der Waals surface area contributed by atoms with E-state index in [2.05, 4.69) is 36.9 Å². The van der Waals surface area contributed by atoms with Gasteiger partial charge in [0.2, 0.25) is 0 Å². The third-order valence-corrected chi connectivity index (χ3v) is 5.07. The predicted molar refractivity (Wildman–Crippen MR) is 125 cm³/mol. The molecule has 3 aromatic rings. The molecule has 0 amide bonds. The standard InChI is InChI=1S/C23H17Br2NO4/c1-29-21-13-16(14-26-18-7-9-19(27)10-8-18)12-20(25)23(21)30-22(28)11-4-15-2-5-17(24)6-3-15/h2-14,27H,1H3/b11-4?,26-14+. The molecule has 0 unspecified atom stereocenters. The molecule has 0 aliphatic carbocycles. The van der Waals surface area contributed by atoms with E-state index in [1.807, 2.05) is 24.3 Å². The Kier molecular flexibility index (Phi) is 7.43. The zero-order chi connectivity index (χ0) is 21.5. The first kappa shape index (κ1) is 21.8. The molecular formula is C23H17Br2NO4. The normalized spacial score (nSPS) is 11.2. The Morgan fingerprint density at radius 1 is 1.00 bits per heavy atom. The van der Waals surface area contributed by atoms with Crippen LogP contribution in [-0.2, 0) is 4.79 Å². The van der Waals surface area contributed by atoms with E-state index in [-0.39, 0.29) is 11.5 Å². The summed E-state index contributed by atoms with van der Waals surface area (Å²) in [6.45, 7) is 0. The topological polar surface area (TPSA) is 68.1 Å². The van der Waals surface area contributed by atoms with Gasteiger partial charge < -0.3 is 14.6 Å². The molecule has 0 atom stereocenters. The number of methoxy groups -OCH3 is 1. The number of ether oxygens (including phenoxy) is 2. The van der Waals surface area contributed by atoms with Crippen LogP contribution in [0.5, 0.6) is 17.2 Å². The number of hydrogen-bond acceptors (Lipinski definition) is 5. The number of phenols is 1. The summed E-state index contributed by atoms with van der Waals surface area (Å²) in [7, 11) is 1.50. The number of aliphatic imine (C=N–C) groups is 1. The monoisotopic (exact) mass is 529 g/mol. The van der Waals surface area contributed by atoms with Crippen LogP contribution in [0.15, 0.2) is 80.7 Å². The average molecular weight is 531 g/mol. The van der Waals surface area contributed by atoms with E-state index in [1.54, 1.807) is 48.7 Å². The van der Waals surface area contributed by atoms with Crippen molar-refractivity contribution < 1.29 is 19.4 Å². The van der Waals surface area contributed by atoms with Gasteiger partial charge in [0.25, 0.3) is 0 Å². The molecule has 0 bridgehead atoms. The van der Waals surface area contributed by atoms with Gasteiger partial charge in [-0.2, -0.15) is 0 Å². The lowest BCUT2D eigenvalue weighted by Crippen LogP contribution is -2.06. The van der Waals surface area contributed by atoms with Gasteiger partial charge in [0.1, 0.15) is 5.75 Å². The molecule has 0 aliphatic rings. The Bertz CT molecular complexity index is 1090. The van der Waals surface area contributed by atoms with E-state index in [0.717, 1.165) is 15.6 Å². The second-order valence-electron chi connectivity index (χ2n) is 6.11. The van der Waals surface area contributed by atoms with Gasteiger partial charge in [-0.3, -0.25) is 4.99 Å². The minimum Gasteiger partial charge on any atom is -0.508 e. The summed E-state index contributed by atoms with van der Waals surface area (Å²) in [5.41, 5.74) is 2.32. The quantitative estimate of drug-likeness (QED) is 0.176. The van der Waals surface area contributed by atoms with Gasteiger partial charge in [-0.25, -0.2) is 4.79 Å². The number of phenolic OH excluding ortho intramolecular Hbond substituents is 1. The van der Waals surface area contributed by atoms with Crippen molar-refractivity contribution in [1.29, 1.82) is 0 Å². The molecule has 0 heterocycles. The second kappa shape index (κ2) is 10.2. The maximum absolute atomic E-state index is 12.3. The van der Waals surface area contributed by atoms with Gasteiger partial charge in [-0.1, -0.05) is 28.1 Å². The van der Waals surface area contributed by atoms with Crippen LogP contribution in [0.4, 0.5) is 5.69 Å². The number of carbonyl (C=O) groups is 1. The molecule has 0 saturated heterocycles. The highest BCUT2D eigenvalue weighted by molar-refractivity contribution is 9.10. The second-order valence-corrected chi connectivity index (χ2v) is 7.88. The van der Waals surface area contributed by atoms with E-state index < -0.39 is 5.97 Å². The molecule has 152 valence electrons. The molecule has 30 heavy (non-hydrogen) atoms. The predicted octanol–water partition coefficient (Wildman–Crippen LogP) is 6.30. The number of aromatic hydroxyl groups is 1. The molecule has 0 radical (unpaired) electrons. The lowest BCUT2D eigenvalue weighted by Gasteiger charge is -2.11. The van der Waals surface area contributed by atoms with Crippen LogP contribution >= 0.6 is 31.9 Å². The van der Waals surface area contributed by atoms with Crippen molar-refractivity contribution in [2.24, 2.45) is 4.99 Å². The molecule has 1 N–H and O–H groups in total. The molecule has 7 heteroatoms. The van der Waals surface area contributed by atoms with Gasteiger partial charge >= 0.3 is 5.97 Å².